The summed E-state index contributed by atoms with van der Waals surface area (Å²) in [6.07, 6.45) is 1.83. The predicted molar refractivity (Wildman–Crippen MR) is 123 cm³/mol. The lowest BCUT2D eigenvalue weighted by Crippen LogP contribution is -2.12. The topological polar surface area (TPSA) is 96.7 Å². The summed E-state index contributed by atoms with van der Waals surface area (Å²) >= 11 is 0. The molecule has 0 fully saturated rings. The number of hydrogen-bond acceptors (Lipinski definition) is 5. The Labute approximate surface area is 184 Å². The first-order valence-corrected chi connectivity index (χ1v) is 10.3. The van der Waals surface area contributed by atoms with Gasteiger partial charge in [0.25, 0.3) is 5.91 Å². The molecular weight excluding hydrogens is 402 g/mol. The molecule has 0 saturated heterocycles. The highest BCUT2D eigenvalue weighted by Gasteiger charge is 2.17. The number of hydrogen-bond donors (Lipinski definition) is 2. The minimum absolute atomic E-state index is 0.214. The summed E-state index contributed by atoms with van der Waals surface area (Å²) in [5.41, 5.74) is 6.71. The third kappa shape index (κ3) is 3.65. The van der Waals surface area contributed by atoms with E-state index in [1.807, 2.05) is 67.7 Å². The Balaban J connectivity index is 1.48. The Kier molecular flexibility index (Phi) is 4.78. The van der Waals surface area contributed by atoms with E-state index in [1.54, 1.807) is 13.8 Å². The van der Waals surface area contributed by atoms with Crippen molar-refractivity contribution in [3.8, 4) is 22.5 Å². The van der Waals surface area contributed by atoms with Crippen LogP contribution in [0.15, 0.2) is 65.2 Å². The van der Waals surface area contributed by atoms with Gasteiger partial charge in [-0.15, -0.1) is 0 Å². The van der Waals surface area contributed by atoms with Gasteiger partial charge in [0, 0.05) is 29.9 Å². The average Bonchev–Trinajstić information content (AvgIpc) is 3.37. The average molecular weight is 423 g/mol. The minimum Gasteiger partial charge on any atom is -0.436 e. The Morgan fingerprint density at radius 1 is 0.969 bits per heavy atom. The van der Waals surface area contributed by atoms with E-state index in [1.165, 1.54) is 0 Å². The Morgan fingerprint density at radius 3 is 2.53 bits per heavy atom. The van der Waals surface area contributed by atoms with Crippen molar-refractivity contribution in [1.82, 2.24) is 19.9 Å². The number of imidazole rings is 1. The van der Waals surface area contributed by atoms with Crippen LogP contribution < -0.4 is 5.32 Å². The number of carbonyl (C=O) groups is 1. The van der Waals surface area contributed by atoms with Crippen molar-refractivity contribution in [2.75, 3.05) is 5.32 Å². The third-order valence-electron chi connectivity index (χ3n) is 5.30. The highest BCUT2D eigenvalue weighted by Crippen LogP contribution is 2.28. The molecule has 7 nitrogen and oxygen atoms in total. The Morgan fingerprint density at radius 2 is 1.78 bits per heavy atom. The summed E-state index contributed by atoms with van der Waals surface area (Å²) in [6.45, 7) is 5.46. The van der Waals surface area contributed by atoms with Crippen LogP contribution >= 0.6 is 0 Å². The van der Waals surface area contributed by atoms with Gasteiger partial charge in [0.05, 0.1) is 11.2 Å². The molecule has 0 unspecified atom stereocenters. The smallest absolute Gasteiger partial charge is 0.293 e. The van der Waals surface area contributed by atoms with Crippen LogP contribution in [0, 0.1) is 20.8 Å². The van der Waals surface area contributed by atoms with Crippen molar-refractivity contribution in [3.05, 3.63) is 83.7 Å². The maximum absolute atomic E-state index is 12.6. The maximum Gasteiger partial charge on any atom is 0.293 e. The number of aryl methyl sites for hydroxylation is 3. The van der Waals surface area contributed by atoms with Crippen LogP contribution in [0.2, 0.25) is 0 Å². The zero-order chi connectivity index (χ0) is 22.2. The third-order valence-corrected chi connectivity index (χ3v) is 5.30. The highest BCUT2D eigenvalue weighted by molar-refractivity contribution is 6.03. The van der Waals surface area contributed by atoms with Crippen molar-refractivity contribution in [2.24, 2.45) is 0 Å². The van der Waals surface area contributed by atoms with E-state index >= 15 is 0 Å². The summed E-state index contributed by atoms with van der Waals surface area (Å²) in [5.74, 6) is 1.03. The fourth-order valence-corrected chi connectivity index (χ4v) is 3.70. The molecule has 0 aliphatic carbocycles. The van der Waals surface area contributed by atoms with Crippen molar-refractivity contribution >= 4 is 22.8 Å². The summed E-state index contributed by atoms with van der Waals surface area (Å²) in [7, 11) is 0. The molecule has 3 heterocycles. The fourth-order valence-electron chi connectivity index (χ4n) is 3.70. The first-order valence-electron chi connectivity index (χ1n) is 10.3. The zero-order valence-electron chi connectivity index (χ0n) is 17.9. The first kappa shape index (κ1) is 19.7. The SMILES string of the molecule is Cc1nc(C)c(C(=O)Nc2ccc(C)c(-c3nc4ncc(-c5ccccc5)cc4[nH]3)c2)o1. The van der Waals surface area contributed by atoms with Crippen LogP contribution in [0.4, 0.5) is 5.69 Å². The van der Waals surface area contributed by atoms with E-state index < -0.39 is 0 Å². The number of carbonyl (C=O) groups excluding carboxylic acids is 1. The molecule has 2 aromatic carbocycles. The van der Waals surface area contributed by atoms with Crippen LogP contribution in [0.5, 0.6) is 0 Å². The van der Waals surface area contributed by atoms with Gasteiger partial charge in [-0.2, -0.15) is 0 Å². The minimum atomic E-state index is -0.336. The molecule has 2 N–H and O–H groups in total. The molecule has 5 aromatic rings. The van der Waals surface area contributed by atoms with Crippen molar-refractivity contribution in [1.29, 1.82) is 0 Å². The van der Waals surface area contributed by atoms with E-state index in [4.69, 9.17) is 4.42 Å². The van der Waals surface area contributed by atoms with Gasteiger partial charge in [-0.05, 0) is 43.2 Å². The standard InChI is InChI=1S/C25H21N5O2/c1-14-9-10-19(28-25(31)22-15(2)27-16(3)32-22)12-20(14)23-29-21-11-18(13-26-24(21)30-23)17-7-5-4-6-8-17/h4-13H,1-3H3,(H,28,31)(H,26,29,30). The van der Waals surface area contributed by atoms with E-state index in [0.29, 0.717) is 28.7 Å². The van der Waals surface area contributed by atoms with Crippen LogP contribution in [0.25, 0.3) is 33.7 Å². The van der Waals surface area contributed by atoms with Gasteiger partial charge in [-0.1, -0.05) is 36.4 Å². The summed E-state index contributed by atoms with van der Waals surface area (Å²) in [6, 6.07) is 17.8. The van der Waals surface area contributed by atoms with E-state index in [0.717, 1.165) is 27.8 Å². The molecule has 0 spiro atoms. The second kappa shape index (κ2) is 7.77. The molecule has 158 valence electrons. The number of anilines is 1. The van der Waals surface area contributed by atoms with Crippen LogP contribution in [-0.2, 0) is 0 Å². The van der Waals surface area contributed by atoms with Gasteiger partial charge in [0.1, 0.15) is 5.82 Å². The van der Waals surface area contributed by atoms with E-state index in [-0.39, 0.29) is 11.7 Å². The lowest BCUT2D eigenvalue weighted by atomic mass is 10.1. The van der Waals surface area contributed by atoms with Crippen LogP contribution in [0.1, 0.15) is 27.7 Å². The normalized spacial score (nSPS) is 11.1. The lowest BCUT2D eigenvalue weighted by Gasteiger charge is -2.08. The molecule has 1 amide bonds. The quantitative estimate of drug-likeness (QED) is 0.400. The predicted octanol–water partition coefficient (Wildman–Crippen LogP) is 5.46. The fraction of sp³-hybridized carbons (Fsp3) is 0.120. The number of aromatic amines is 1. The molecule has 0 bridgehead atoms. The van der Waals surface area contributed by atoms with Crippen LogP contribution in [-0.4, -0.2) is 25.8 Å². The number of amides is 1. The number of fused-ring (bicyclic) bond motifs is 1. The summed E-state index contributed by atoms with van der Waals surface area (Å²) in [5, 5.41) is 2.88. The van der Waals surface area contributed by atoms with Crippen molar-refractivity contribution in [2.45, 2.75) is 20.8 Å². The molecule has 5 rings (SSSR count). The Hall–Kier alpha value is -4.26. The number of pyridine rings is 1. The number of H-pyrrole nitrogens is 1. The van der Waals surface area contributed by atoms with E-state index in [9.17, 15) is 4.79 Å². The lowest BCUT2D eigenvalue weighted by molar-refractivity contribution is 0.0994. The van der Waals surface area contributed by atoms with Crippen molar-refractivity contribution < 1.29 is 9.21 Å². The number of aromatic nitrogens is 4. The molecule has 0 saturated carbocycles. The second-order valence-corrected chi connectivity index (χ2v) is 7.68. The van der Waals surface area contributed by atoms with Gasteiger partial charge in [-0.25, -0.2) is 15.0 Å². The number of nitrogens with one attached hydrogen (secondary N) is 2. The molecule has 0 aliphatic heterocycles. The van der Waals surface area contributed by atoms with E-state index in [2.05, 4.69) is 25.3 Å². The van der Waals surface area contributed by atoms with Gasteiger partial charge >= 0.3 is 0 Å². The molecule has 3 aromatic heterocycles. The monoisotopic (exact) mass is 423 g/mol. The maximum atomic E-state index is 12.6. The van der Waals surface area contributed by atoms with Gasteiger partial charge in [-0.3, -0.25) is 4.79 Å². The molecule has 0 atom stereocenters. The number of benzene rings is 2. The van der Waals surface area contributed by atoms with Gasteiger partial charge in [0.15, 0.2) is 11.5 Å². The van der Waals surface area contributed by atoms with Crippen molar-refractivity contribution in [3.63, 3.8) is 0 Å². The molecular formula is C25H21N5O2. The summed E-state index contributed by atoms with van der Waals surface area (Å²) in [4.78, 5) is 29.3. The molecule has 0 aliphatic rings. The zero-order valence-corrected chi connectivity index (χ0v) is 17.9. The van der Waals surface area contributed by atoms with Gasteiger partial charge in [0.2, 0.25) is 5.76 Å². The molecule has 0 radical (unpaired) electrons. The Bertz CT molecular complexity index is 1450. The highest BCUT2D eigenvalue weighted by atomic mass is 16.4. The number of oxazole rings is 1. The second-order valence-electron chi connectivity index (χ2n) is 7.68. The number of nitrogens with zero attached hydrogens (tertiary/aromatic N) is 3. The summed E-state index contributed by atoms with van der Waals surface area (Å²) < 4.78 is 5.42. The van der Waals surface area contributed by atoms with Gasteiger partial charge < -0.3 is 14.7 Å². The number of rotatable bonds is 4. The molecule has 32 heavy (non-hydrogen) atoms. The first-order chi connectivity index (χ1) is 15.5. The molecule has 7 heteroatoms. The van der Waals surface area contributed by atoms with Crippen LogP contribution in [0.3, 0.4) is 0 Å². The largest absolute Gasteiger partial charge is 0.436 e.